The predicted octanol–water partition coefficient (Wildman–Crippen LogP) is 1.69. The number of carbonyl (C=O) groups is 2. The summed E-state index contributed by atoms with van der Waals surface area (Å²) in [5.74, 6) is -0.365. The fraction of sp³-hybridized carbons (Fsp3) is 0.833. The Kier molecular flexibility index (Phi) is 5.48. The first-order chi connectivity index (χ1) is 7.28. The SMILES string of the molecule is CCC(C)(CC(C)C(=O)N(C)C)C(=O)OC. The van der Waals surface area contributed by atoms with Crippen molar-refractivity contribution in [3.05, 3.63) is 0 Å². The third-order valence-corrected chi connectivity index (χ3v) is 3.08. The number of carbonyl (C=O) groups excluding carboxylic acids is 2. The maximum atomic E-state index is 11.7. The van der Waals surface area contributed by atoms with Crippen LogP contribution < -0.4 is 0 Å². The molecule has 16 heavy (non-hydrogen) atoms. The lowest BCUT2D eigenvalue weighted by Gasteiger charge is -2.28. The van der Waals surface area contributed by atoms with Crippen molar-refractivity contribution in [1.29, 1.82) is 0 Å². The second-order valence-corrected chi connectivity index (χ2v) is 4.74. The normalized spacial score (nSPS) is 16.1. The first-order valence-corrected chi connectivity index (χ1v) is 5.58. The number of nitrogens with zero attached hydrogens (tertiary/aromatic N) is 1. The summed E-state index contributed by atoms with van der Waals surface area (Å²) in [6.07, 6.45) is 1.19. The molecule has 0 radical (unpaired) electrons. The fourth-order valence-corrected chi connectivity index (χ4v) is 1.82. The molecule has 0 saturated carbocycles. The van der Waals surface area contributed by atoms with E-state index in [-0.39, 0.29) is 17.8 Å². The quantitative estimate of drug-likeness (QED) is 0.674. The highest BCUT2D eigenvalue weighted by Crippen LogP contribution is 2.31. The third kappa shape index (κ3) is 3.51. The van der Waals surface area contributed by atoms with Crippen LogP contribution in [0.5, 0.6) is 0 Å². The molecule has 0 aromatic rings. The fourth-order valence-electron chi connectivity index (χ4n) is 1.82. The van der Waals surface area contributed by atoms with Gasteiger partial charge in [0.1, 0.15) is 0 Å². The summed E-state index contributed by atoms with van der Waals surface area (Å²) in [5.41, 5.74) is -0.570. The van der Waals surface area contributed by atoms with Crippen molar-refractivity contribution in [1.82, 2.24) is 4.90 Å². The summed E-state index contributed by atoms with van der Waals surface area (Å²) in [5, 5.41) is 0. The van der Waals surface area contributed by atoms with Crippen LogP contribution in [0.4, 0.5) is 0 Å². The van der Waals surface area contributed by atoms with Crippen LogP contribution in [0.15, 0.2) is 0 Å². The van der Waals surface area contributed by atoms with Gasteiger partial charge in [-0.05, 0) is 19.8 Å². The molecule has 0 spiro atoms. The van der Waals surface area contributed by atoms with Crippen LogP contribution in [-0.2, 0) is 14.3 Å². The maximum absolute atomic E-state index is 11.7. The number of esters is 1. The van der Waals surface area contributed by atoms with Gasteiger partial charge in [-0.2, -0.15) is 0 Å². The summed E-state index contributed by atoms with van der Waals surface area (Å²) in [6.45, 7) is 5.63. The van der Waals surface area contributed by atoms with Gasteiger partial charge in [0.05, 0.1) is 12.5 Å². The second-order valence-electron chi connectivity index (χ2n) is 4.74. The summed E-state index contributed by atoms with van der Waals surface area (Å²) in [7, 11) is 4.83. The number of amides is 1. The van der Waals surface area contributed by atoms with Gasteiger partial charge in [0, 0.05) is 20.0 Å². The average molecular weight is 229 g/mol. The molecule has 0 N–H and O–H groups in total. The Hall–Kier alpha value is -1.06. The smallest absolute Gasteiger partial charge is 0.311 e. The third-order valence-electron chi connectivity index (χ3n) is 3.08. The molecule has 0 aliphatic rings. The second kappa shape index (κ2) is 5.87. The van der Waals surface area contributed by atoms with Gasteiger partial charge in [0.15, 0.2) is 0 Å². The number of rotatable bonds is 5. The highest BCUT2D eigenvalue weighted by Gasteiger charge is 2.36. The van der Waals surface area contributed by atoms with E-state index < -0.39 is 5.41 Å². The lowest BCUT2D eigenvalue weighted by molar-refractivity contribution is -0.153. The summed E-state index contributed by atoms with van der Waals surface area (Å²) >= 11 is 0. The minimum absolute atomic E-state index is 0.0450. The number of hydrogen-bond donors (Lipinski definition) is 0. The van der Waals surface area contributed by atoms with Crippen molar-refractivity contribution >= 4 is 11.9 Å². The van der Waals surface area contributed by atoms with Crippen molar-refractivity contribution in [3.8, 4) is 0 Å². The Morgan fingerprint density at radius 2 is 1.88 bits per heavy atom. The Balaban J connectivity index is 4.66. The molecular weight excluding hydrogens is 206 g/mol. The van der Waals surface area contributed by atoms with Gasteiger partial charge >= 0.3 is 5.97 Å². The summed E-state index contributed by atoms with van der Waals surface area (Å²) in [4.78, 5) is 24.9. The maximum Gasteiger partial charge on any atom is 0.311 e. The van der Waals surface area contributed by atoms with E-state index in [1.54, 1.807) is 19.0 Å². The first kappa shape index (κ1) is 14.9. The first-order valence-electron chi connectivity index (χ1n) is 5.58. The molecule has 0 aromatic carbocycles. The van der Waals surface area contributed by atoms with E-state index >= 15 is 0 Å². The van der Waals surface area contributed by atoms with Crippen LogP contribution in [0.25, 0.3) is 0 Å². The molecule has 4 heteroatoms. The van der Waals surface area contributed by atoms with Crippen molar-refractivity contribution in [2.24, 2.45) is 11.3 Å². The zero-order valence-corrected chi connectivity index (χ0v) is 11.2. The van der Waals surface area contributed by atoms with Crippen LogP contribution in [0.3, 0.4) is 0 Å². The van der Waals surface area contributed by atoms with E-state index in [0.717, 1.165) is 0 Å². The van der Waals surface area contributed by atoms with Crippen LogP contribution in [0.1, 0.15) is 33.6 Å². The van der Waals surface area contributed by atoms with Crippen LogP contribution in [0, 0.1) is 11.3 Å². The highest BCUT2D eigenvalue weighted by molar-refractivity contribution is 5.80. The average Bonchev–Trinajstić information content (AvgIpc) is 2.26. The molecule has 0 rings (SSSR count). The van der Waals surface area contributed by atoms with Gasteiger partial charge in [-0.25, -0.2) is 0 Å². The Bertz CT molecular complexity index is 263. The van der Waals surface area contributed by atoms with Crippen LogP contribution in [-0.4, -0.2) is 38.0 Å². The van der Waals surface area contributed by atoms with Crippen molar-refractivity contribution in [2.45, 2.75) is 33.6 Å². The number of ether oxygens (including phenoxy) is 1. The number of hydrogen-bond acceptors (Lipinski definition) is 3. The lowest BCUT2D eigenvalue weighted by Crippen LogP contribution is -2.36. The largest absolute Gasteiger partial charge is 0.469 e. The molecule has 0 fully saturated rings. The molecule has 94 valence electrons. The molecule has 2 atom stereocenters. The van der Waals surface area contributed by atoms with Gasteiger partial charge in [0.2, 0.25) is 5.91 Å². The minimum Gasteiger partial charge on any atom is -0.469 e. The van der Waals surface area contributed by atoms with Crippen molar-refractivity contribution in [2.75, 3.05) is 21.2 Å². The molecule has 0 aliphatic carbocycles. The number of methoxy groups -OCH3 is 1. The van der Waals surface area contributed by atoms with E-state index in [9.17, 15) is 9.59 Å². The summed E-state index contributed by atoms with van der Waals surface area (Å²) < 4.78 is 4.78. The van der Waals surface area contributed by atoms with E-state index in [4.69, 9.17) is 4.74 Å². The molecule has 0 bridgehead atoms. The Morgan fingerprint density at radius 1 is 1.38 bits per heavy atom. The molecule has 0 saturated heterocycles. The Morgan fingerprint density at radius 3 is 2.19 bits per heavy atom. The lowest BCUT2D eigenvalue weighted by atomic mass is 9.79. The minimum atomic E-state index is -0.570. The molecule has 2 unspecified atom stereocenters. The molecule has 1 amide bonds. The molecule has 0 heterocycles. The van der Waals surface area contributed by atoms with E-state index in [1.165, 1.54) is 7.11 Å². The standard InChI is InChI=1S/C12H23NO3/c1-7-12(3,11(15)16-6)8-9(2)10(14)13(4)5/h9H,7-8H2,1-6H3. The summed E-state index contributed by atoms with van der Waals surface area (Å²) in [6, 6.07) is 0. The van der Waals surface area contributed by atoms with Gasteiger partial charge in [-0.1, -0.05) is 13.8 Å². The molecule has 0 aromatic heterocycles. The van der Waals surface area contributed by atoms with Gasteiger partial charge in [-0.3, -0.25) is 9.59 Å². The Labute approximate surface area is 98.0 Å². The molecule has 0 aliphatic heterocycles. The zero-order valence-electron chi connectivity index (χ0n) is 11.2. The van der Waals surface area contributed by atoms with E-state index in [2.05, 4.69) is 0 Å². The van der Waals surface area contributed by atoms with E-state index in [0.29, 0.717) is 12.8 Å². The van der Waals surface area contributed by atoms with Crippen LogP contribution >= 0.6 is 0 Å². The zero-order chi connectivity index (χ0) is 12.9. The molecule has 4 nitrogen and oxygen atoms in total. The molecular formula is C12H23NO3. The van der Waals surface area contributed by atoms with Crippen molar-refractivity contribution < 1.29 is 14.3 Å². The van der Waals surface area contributed by atoms with Crippen molar-refractivity contribution in [3.63, 3.8) is 0 Å². The predicted molar refractivity (Wildman–Crippen MR) is 62.9 cm³/mol. The topological polar surface area (TPSA) is 46.6 Å². The van der Waals surface area contributed by atoms with E-state index in [1.807, 2.05) is 20.8 Å². The van der Waals surface area contributed by atoms with Gasteiger partial charge in [-0.15, -0.1) is 0 Å². The van der Waals surface area contributed by atoms with Gasteiger partial charge in [0.25, 0.3) is 0 Å². The van der Waals surface area contributed by atoms with Crippen LogP contribution in [0.2, 0.25) is 0 Å². The highest BCUT2D eigenvalue weighted by atomic mass is 16.5. The monoisotopic (exact) mass is 229 g/mol. The van der Waals surface area contributed by atoms with Gasteiger partial charge < -0.3 is 9.64 Å².